The number of carbonyl (C=O) groups excluding carboxylic acids is 1. The number of aromatic nitrogens is 1. The number of aryl methyl sites for hydroxylation is 2. The van der Waals surface area contributed by atoms with Crippen molar-refractivity contribution in [1.29, 1.82) is 5.26 Å². The van der Waals surface area contributed by atoms with Gasteiger partial charge in [-0.05, 0) is 90.1 Å². The summed E-state index contributed by atoms with van der Waals surface area (Å²) in [5, 5.41) is 18.0. The summed E-state index contributed by atoms with van der Waals surface area (Å²) in [6, 6.07) is 25.4. The third kappa shape index (κ3) is 8.79. The monoisotopic (exact) mass is 602 g/mol. The van der Waals surface area contributed by atoms with Crippen LogP contribution in [0.25, 0.3) is 6.08 Å². The van der Waals surface area contributed by atoms with Gasteiger partial charge in [-0.2, -0.15) is 5.26 Å². The van der Waals surface area contributed by atoms with Gasteiger partial charge in [-0.3, -0.25) is 9.69 Å². The standard InChI is InChI=1S/C37H38N4O4/c1-27-21-33(11-14-36(43)41-18-16-40(17-19-41)25-31-7-3-29(4-8-31)15-20-42)22-28(2)37(27)45-35-13-12-34(24-39-35)44-26-32-9-5-30(23-38)6-10-32/h3-14,21-22,24,42H,15-20,25-26H2,1-2H3. The zero-order valence-electron chi connectivity index (χ0n) is 25.8. The number of hydrogen-bond donors (Lipinski definition) is 1. The van der Waals surface area contributed by atoms with Gasteiger partial charge in [0.2, 0.25) is 11.8 Å². The molecular formula is C37H38N4O4. The second-order valence-corrected chi connectivity index (χ2v) is 11.2. The zero-order valence-corrected chi connectivity index (χ0v) is 25.8. The summed E-state index contributed by atoms with van der Waals surface area (Å²) in [7, 11) is 0. The molecule has 1 saturated heterocycles. The Hall–Kier alpha value is -4.97. The van der Waals surface area contributed by atoms with E-state index >= 15 is 0 Å². The predicted octanol–water partition coefficient (Wildman–Crippen LogP) is 5.83. The van der Waals surface area contributed by atoms with Crippen LogP contribution in [0.2, 0.25) is 0 Å². The summed E-state index contributed by atoms with van der Waals surface area (Å²) in [6.07, 6.45) is 5.83. The fourth-order valence-electron chi connectivity index (χ4n) is 5.30. The van der Waals surface area contributed by atoms with Gasteiger partial charge in [-0.25, -0.2) is 4.98 Å². The molecule has 0 spiro atoms. The van der Waals surface area contributed by atoms with E-state index in [0.29, 0.717) is 43.3 Å². The van der Waals surface area contributed by atoms with Gasteiger partial charge in [-0.1, -0.05) is 36.4 Å². The van der Waals surface area contributed by atoms with Crippen molar-refractivity contribution < 1.29 is 19.4 Å². The van der Waals surface area contributed by atoms with Crippen LogP contribution < -0.4 is 9.47 Å². The van der Waals surface area contributed by atoms with Crippen molar-refractivity contribution >= 4 is 12.0 Å². The Morgan fingerprint density at radius 3 is 2.22 bits per heavy atom. The molecular weight excluding hydrogens is 564 g/mol. The molecule has 230 valence electrons. The Morgan fingerprint density at radius 2 is 1.60 bits per heavy atom. The second kappa shape index (κ2) is 15.2. The maximum absolute atomic E-state index is 12.9. The third-order valence-corrected chi connectivity index (χ3v) is 7.82. The van der Waals surface area contributed by atoms with Gasteiger partial charge in [-0.15, -0.1) is 0 Å². The maximum Gasteiger partial charge on any atom is 0.246 e. The van der Waals surface area contributed by atoms with Crippen LogP contribution in [0.15, 0.2) is 85.1 Å². The van der Waals surface area contributed by atoms with Crippen LogP contribution in [0.5, 0.6) is 17.4 Å². The summed E-state index contributed by atoms with van der Waals surface area (Å²) in [4.78, 5) is 21.6. The first-order valence-electron chi connectivity index (χ1n) is 15.1. The summed E-state index contributed by atoms with van der Waals surface area (Å²) in [5.74, 6) is 1.83. The molecule has 1 fully saturated rings. The average molecular weight is 603 g/mol. The lowest BCUT2D eigenvalue weighted by molar-refractivity contribution is -0.127. The highest BCUT2D eigenvalue weighted by atomic mass is 16.5. The van der Waals surface area contributed by atoms with Crippen LogP contribution in [0, 0.1) is 25.2 Å². The molecule has 0 unspecified atom stereocenters. The molecule has 4 aromatic rings. The molecule has 3 aromatic carbocycles. The number of ether oxygens (including phenoxy) is 2. The summed E-state index contributed by atoms with van der Waals surface area (Å²) in [6.45, 7) is 8.43. The lowest BCUT2D eigenvalue weighted by Crippen LogP contribution is -2.47. The van der Waals surface area contributed by atoms with E-state index in [-0.39, 0.29) is 12.5 Å². The van der Waals surface area contributed by atoms with Crippen molar-refractivity contribution in [3.8, 4) is 23.4 Å². The number of nitriles is 1. The Balaban J connectivity index is 1.10. The van der Waals surface area contributed by atoms with Gasteiger partial charge in [0, 0.05) is 51.5 Å². The lowest BCUT2D eigenvalue weighted by Gasteiger charge is -2.34. The number of aliphatic hydroxyl groups excluding tert-OH is 1. The molecule has 1 aliphatic rings. The van der Waals surface area contributed by atoms with Gasteiger partial charge < -0.3 is 19.5 Å². The topological polar surface area (TPSA) is 98.9 Å². The van der Waals surface area contributed by atoms with E-state index in [1.54, 1.807) is 30.5 Å². The number of piperazine rings is 1. The van der Waals surface area contributed by atoms with Crippen molar-refractivity contribution in [3.63, 3.8) is 0 Å². The fraction of sp³-hybridized carbons (Fsp3) is 0.270. The number of nitrogens with zero attached hydrogens (tertiary/aromatic N) is 4. The highest BCUT2D eigenvalue weighted by Gasteiger charge is 2.20. The quantitative estimate of drug-likeness (QED) is 0.216. The molecule has 1 aliphatic heterocycles. The third-order valence-electron chi connectivity index (χ3n) is 7.82. The number of pyridine rings is 1. The fourth-order valence-corrected chi connectivity index (χ4v) is 5.30. The van der Waals surface area contributed by atoms with E-state index < -0.39 is 0 Å². The molecule has 0 radical (unpaired) electrons. The Labute approximate surface area is 264 Å². The molecule has 0 saturated carbocycles. The molecule has 1 amide bonds. The van der Waals surface area contributed by atoms with Gasteiger partial charge in [0.25, 0.3) is 0 Å². The van der Waals surface area contributed by atoms with Gasteiger partial charge in [0.1, 0.15) is 18.1 Å². The number of hydrogen-bond acceptors (Lipinski definition) is 7. The van der Waals surface area contributed by atoms with E-state index in [9.17, 15) is 4.79 Å². The number of aliphatic hydroxyl groups is 1. The first kappa shape index (κ1) is 31.5. The Kier molecular flexibility index (Phi) is 10.6. The molecule has 8 heteroatoms. The van der Waals surface area contributed by atoms with Crippen molar-refractivity contribution in [2.24, 2.45) is 0 Å². The highest BCUT2D eigenvalue weighted by Crippen LogP contribution is 2.30. The average Bonchev–Trinajstić information content (AvgIpc) is 3.06. The van der Waals surface area contributed by atoms with E-state index in [2.05, 4.69) is 40.2 Å². The van der Waals surface area contributed by atoms with E-state index in [1.807, 2.05) is 55.2 Å². The van der Waals surface area contributed by atoms with Gasteiger partial charge in [0.05, 0.1) is 17.8 Å². The smallest absolute Gasteiger partial charge is 0.246 e. The van der Waals surface area contributed by atoms with E-state index in [1.165, 1.54) is 5.56 Å². The minimum absolute atomic E-state index is 0.0179. The van der Waals surface area contributed by atoms with E-state index in [0.717, 1.165) is 53.2 Å². The summed E-state index contributed by atoms with van der Waals surface area (Å²) >= 11 is 0. The Bertz CT molecular complexity index is 1630. The van der Waals surface area contributed by atoms with E-state index in [4.69, 9.17) is 19.8 Å². The van der Waals surface area contributed by atoms with Crippen molar-refractivity contribution in [2.75, 3.05) is 32.8 Å². The normalized spacial score (nSPS) is 13.5. The lowest BCUT2D eigenvalue weighted by atomic mass is 10.1. The summed E-state index contributed by atoms with van der Waals surface area (Å²) < 4.78 is 11.9. The van der Waals surface area contributed by atoms with Gasteiger partial charge >= 0.3 is 0 Å². The minimum atomic E-state index is 0.0179. The van der Waals surface area contributed by atoms with Crippen LogP contribution in [0.3, 0.4) is 0 Å². The van der Waals surface area contributed by atoms with Crippen LogP contribution >= 0.6 is 0 Å². The largest absolute Gasteiger partial charge is 0.487 e. The van der Waals surface area contributed by atoms with Crippen molar-refractivity contribution in [3.05, 3.63) is 124 Å². The molecule has 2 heterocycles. The number of benzene rings is 3. The van der Waals surface area contributed by atoms with Crippen molar-refractivity contribution in [1.82, 2.24) is 14.8 Å². The number of amides is 1. The molecule has 8 nitrogen and oxygen atoms in total. The zero-order chi connectivity index (χ0) is 31.6. The molecule has 5 rings (SSSR count). The molecule has 1 aromatic heterocycles. The predicted molar refractivity (Wildman–Crippen MR) is 174 cm³/mol. The maximum atomic E-state index is 12.9. The number of rotatable bonds is 11. The summed E-state index contributed by atoms with van der Waals surface area (Å²) in [5.41, 5.74) is 6.80. The molecule has 0 bridgehead atoms. The Morgan fingerprint density at radius 1 is 0.933 bits per heavy atom. The van der Waals surface area contributed by atoms with Crippen molar-refractivity contribution in [2.45, 2.75) is 33.4 Å². The molecule has 1 N–H and O–H groups in total. The highest BCUT2D eigenvalue weighted by molar-refractivity contribution is 5.92. The van der Waals surface area contributed by atoms with Crippen LogP contribution in [-0.2, 0) is 24.4 Å². The second-order valence-electron chi connectivity index (χ2n) is 11.2. The minimum Gasteiger partial charge on any atom is -0.487 e. The first-order valence-corrected chi connectivity index (χ1v) is 15.1. The molecule has 45 heavy (non-hydrogen) atoms. The first-order chi connectivity index (χ1) is 21.9. The number of carbonyl (C=O) groups is 1. The molecule has 0 atom stereocenters. The van der Waals surface area contributed by atoms with Gasteiger partial charge in [0.15, 0.2) is 0 Å². The van der Waals surface area contributed by atoms with Crippen LogP contribution in [0.1, 0.15) is 38.9 Å². The molecule has 0 aliphatic carbocycles. The van der Waals surface area contributed by atoms with Crippen LogP contribution in [0.4, 0.5) is 0 Å². The van der Waals surface area contributed by atoms with Crippen LogP contribution in [-0.4, -0.2) is 58.6 Å². The SMILES string of the molecule is Cc1cc(C=CC(=O)N2CCN(Cc3ccc(CCO)cc3)CC2)cc(C)c1Oc1ccc(OCc2ccc(C#N)cc2)cn1.